The van der Waals surface area contributed by atoms with Crippen LogP contribution < -0.4 is 0 Å². The van der Waals surface area contributed by atoms with E-state index in [1.807, 2.05) is 48.5 Å². The molecule has 0 spiro atoms. The summed E-state index contributed by atoms with van der Waals surface area (Å²) in [5.74, 6) is 1.80. The van der Waals surface area contributed by atoms with Crippen LogP contribution in [0.4, 0.5) is 0 Å². The summed E-state index contributed by atoms with van der Waals surface area (Å²) in [5, 5.41) is 17.3. The zero-order valence-electron chi connectivity index (χ0n) is 32.0. The molecule has 0 N–H and O–H groups in total. The highest BCUT2D eigenvalue weighted by atomic mass is 16.3. The van der Waals surface area contributed by atoms with E-state index < -0.39 is 0 Å². The number of aromatic nitrogens is 4. The van der Waals surface area contributed by atoms with Crippen LogP contribution in [0.3, 0.4) is 0 Å². The Morgan fingerprint density at radius 1 is 0.317 bits per heavy atom. The maximum atomic E-state index is 6.34. The molecule has 0 unspecified atom stereocenters. The Morgan fingerprint density at radius 2 is 0.867 bits per heavy atom. The van der Waals surface area contributed by atoms with Crippen molar-refractivity contribution in [2.24, 2.45) is 0 Å². The molecule has 0 atom stereocenters. The lowest BCUT2D eigenvalue weighted by molar-refractivity contribution is 0.669. The van der Waals surface area contributed by atoms with Gasteiger partial charge in [0, 0.05) is 43.6 Å². The molecular weight excluding hydrogens is 733 g/mol. The molecule has 0 bridgehead atoms. The van der Waals surface area contributed by atoms with E-state index in [0.717, 1.165) is 55.3 Å². The van der Waals surface area contributed by atoms with Gasteiger partial charge in [0.15, 0.2) is 17.5 Å². The zero-order valence-corrected chi connectivity index (χ0v) is 32.0. The topological polar surface area (TPSA) is 56.7 Å². The number of benzene rings is 9. The third-order valence-electron chi connectivity index (χ3n) is 12.7. The number of nitrogens with zero attached hydrogens (tertiary/aromatic N) is 4. The smallest absolute Gasteiger partial charge is 0.166 e. The largest absolute Gasteiger partial charge is 0.456 e. The fraction of sp³-hybridized carbons (Fsp3) is 0. The first-order valence-electron chi connectivity index (χ1n) is 20.4. The van der Waals surface area contributed by atoms with Crippen molar-refractivity contribution in [3.8, 4) is 39.9 Å². The van der Waals surface area contributed by atoms with Crippen LogP contribution in [0.5, 0.6) is 0 Å². The number of rotatable bonds is 4. The SMILES string of the molecule is c1ccc(-c2nc(-c3ccccc3-n3c4cccc5c6ccccc6c6ccc7c8ccccc8c8cc3c(c6c78)c54)nc(-c3cccc4oc5ccccc5c34)n2)cc1. The summed E-state index contributed by atoms with van der Waals surface area (Å²) in [6.45, 7) is 0. The first-order chi connectivity index (χ1) is 29.8. The van der Waals surface area contributed by atoms with Gasteiger partial charge in [-0.2, -0.15) is 0 Å². The molecule has 0 radical (unpaired) electrons. The second-order valence-electron chi connectivity index (χ2n) is 15.8. The molecule has 3 heterocycles. The molecule has 0 aliphatic heterocycles. The standard InChI is InChI=1S/C55H30N4O/c1-2-14-31(15-3-1)53-56-54(58-55(57-53)41-23-13-27-47-48(41)40-21-9-11-26-46(40)60-47)39-20-8-10-24-43(39)59-44-25-12-22-36-32-16-4-5-17-33(32)38-29-28-37-34-18-6-7-19-35(34)42-30-45(59)52(50(36)44)51(38)49(37)42/h1-30H. The van der Waals surface area contributed by atoms with E-state index in [4.69, 9.17) is 19.4 Å². The number of para-hydroxylation sites is 2. The van der Waals surface area contributed by atoms with Gasteiger partial charge in [0.25, 0.3) is 0 Å². The quantitative estimate of drug-likeness (QED) is 0.179. The van der Waals surface area contributed by atoms with E-state index in [1.54, 1.807) is 0 Å². The number of furan rings is 1. The van der Waals surface area contributed by atoms with Crippen LogP contribution in [0.1, 0.15) is 0 Å². The summed E-state index contributed by atoms with van der Waals surface area (Å²) in [7, 11) is 0. The molecule has 0 saturated carbocycles. The lowest BCUT2D eigenvalue weighted by atomic mass is 9.97. The van der Waals surface area contributed by atoms with E-state index in [2.05, 4.69) is 138 Å². The fourth-order valence-electron chi connectivity index (χ4n) is 10.3. The lowest BCUT2D eigenvalue weighted by Gasteiger charge is -2.15. The molecule has 0 aliphatic rings. The predicted octanol–water partition coefficient (Wildman–Crippen LogP) is 14.5. The van der Waals surface area contributed by atoms with Crippen LogP contribution in [0.25, 0.3) is 137 Å². The predicted molar refractivity (Wildman–Crippen MR) is 248 cm³/mol. The highest BCUT2D eigenvalue weighted by Crippen LogP contribution is 2.51. The molecule has 3 aromatic heterocycles. The minimum Gasteiger partial charge on any atom is -0.456 e. The summed E-state index contributed by atoms with van der Waals surface area (Å²) in [6, 6.07) is 64.7. The lowest BCUT2D eigenvalue weighted by Crippen LogP contribution is -2.03. The number of hydrogen-bond donors (Lipinski definition) is 0. The Balaban J connectivity index is 1.13. The molecule has 14 aromatic rings. The van der Waals surface area contributed by atoms with Gasteiger partial charge in [0.1, 0.15) is 11.2 Å². The average Bonchev–Trinajstić information content (AvgIpc) is 3.95. The van der Waals surface area contributed by atoms with Crippen molar-refractivity contribution < 1.29 is 4.42 Å². The van der Waals surface area contributed by atoms with Gasteiger partial charge in [-0.25, -0.2) is 15.0 Å². The molecule has 0 amide bonds. The van der Waals surface area contributed by atoms with Gasteiger partial charge in [-0.15, -0.1) is 0 Å². The summed E-state index contributed by atoms with van der Waals surface area (Å²) in [4.78, 5) is 15.9. The first-order valence-corrected chi connectivity index (χ1v) is 20.4. The van der Waals surface area contributed by atoms with Gasteiger partial charge >= 0.3 is 0 Å². The molecule has 11 aromatic carbocycles. The Morgan fingerprint density at radius 3 is 1.65 bits per heavy atom. The Hall–Kier alpha value is -8.15. The molecule has 5 heteroatoms. The van der Waals surface area contributed by atoms with Crippen molar-refractivity contribution in [1.82, 2.24) is 19.5 Å². The Labute approximate surface area is 342 Å². The minimum absolute atomic E-state index is 0.592. The van der Waals surface area contributed by atoms with Crippen molar-refractivity contribution in [1.29, 1.82) is 0 Å². The van der Waals surface area contributed by atoms with Crippen LogP contribution in [-0.2, 0) is 0 Å². The van der Waals surface area contributed by atoms with Crippen LogP contribution >= 0.6 is 0 Å². The van der Waals surface area contributed by atoms with Gasteiger partial charge in [0.2, 0.25) is 0 Å². The minimum atomic E-state index is 0.592. The third-order valence-corrected chi connectivity index (χ3v) is 12.7. The monoisotopic (exact) mass is 762 g/mol. The fourth-order valence-corrected chi connectivity index (χ4v) is 10.3. The van der Waals surface area contributed by atoms with Gasteiger partial charge in [-0.3, -0.25) is 0 Å². The zero-order chi connectivity index (χ0) is 39.1. The van der Waals surface area contributed by atoms with Crippen LogP contribution in [0, 0.1) is 0 Å². The number of fused-ring (bicyclic) bond motifs is 9. The van der Waals surface area contributed by atoms with Gasteiger partial charge in [0.05, 0.1) is 16.7 Å². The normalized spacial score (nSPS) is 12.3. The number of hydrogen-bond acceptors (Lipinski definition) is 4. The summed E-state index contributed by atoms with van der Waals surface area (Å²) >= 11 is 0. The van der Waals surface area contributed by atoms with E-state index in [1.165, 1.54) is 64.6 Å². The first kappa shape index (κ1) is 31.9. The van der Waals surface area contributed by atoms with E-state index >= 15 is 0 Å². The Bertz CT molecular complexity index is 4070. The maximum absolute atomic E-state index is 6.34. The average molecular weight is 763 g/mol. The summed E-state index contributed by atoms with van der Waals surface area (Å²) in [6.07, 6.45) is 0. The second-order valence-corrected chi connectivity index (χ2v) is 15.8. The molecule has 0 fully saturated rings. The Kier molecular flexibility index (Phi) is 6.23. The van der Waals surface area contributed by atoms with E-state index in [-0.39, 0.29) is 0 Å². The maximum Gasteiger partial charge on any atom is 0.166 e. The van der Waals surface area contributed by atoms with Crippen LogP contribution in [0.15, 0.2) is 186 Å². The summed E-state index contributed by atoms with van der Waals surface area (Å²) < 4.78 is 8.80. The molecule has 14 rings (SSSR count). The van der Waals surface area contributed by atoms with Crippen molar-refractivity contribution in [2.75, 3.05) is 0 Å². The summed E-state index contributed by atoms with van der Waals surface area (Å²) in [5.41, 5.74) is 7.66. The highest BCUT2D eigenvalue weighted by Gasteiger charge is 2.26. The molecule has 0 aliphatic carbocycles. The third kappa shape index (κ3) is 4.17. The molecule has 0 saturated heterocycles. The van der Waals surface area contributed by atoms with Crippen LogP contribution in [-0.4, -0.2) is 19.5 Å². The van der Waals surface area contributed by atoms with E-state index in [9.17, 15) is 0 Å². The van der Waals surface area contributed by atoms with Gasteiger partial charge in [-0.05, 0) is 84.9 Å². The van der Waals surface area contributed by atoms with Crippen LogP contribution in [0.2, 0.25) is 0 Å². The van der Waals surface area contributed by atoms with Gasteiger partial charge < -0.3 is 8.98 Å². The molecular formula is C55H30N4O. The van der Waals surface area contributed by atoms with Crippen molar-refractivity contribution in [3.05, 3.63) is 182 Å². The molecule has 276 valence electrons. The molecule has 60 heavy (non-hydrogen) atoms. The molecule has 5 nitrogen and oxygen atoms in total. The van der Waals surface area contributed by atoms with Crippen molar-refractivity contribution >= 4 is 97.6 Å². The van der Waals surface area contributed by atoms with Gasteiger partial charge in [-0.1, -0.05) is 146 Å². The highest BCUT2D eigenvalue weighted by molar-refractivity contribution is 6.44. The van der Waals surface area contributed by atoms with Crippen molar-refractivity contribution in [2.45, 2.75) is 0 Å². The van der Waals surface area contributed by atoms with Crippen molar-refractivity contribution in [3.63, 3.8) is 0 Å². The second kappa shape index (κ2) is 11.7. The van der Waals surface area contributed by atoms with E-state index in [0.29, 0.717) is 17.5 Å².